The summed E-state index contributed by atoms with van der Waals surface area (Å²) in [5.41, 5.74) is 0.839. The number of ether oxygens (including phenoxy) is 2. The molecule has 3 rings (SSSR count). The monoisotopic (exact) mass is 281 g/mol. The van der Waals surface area contributed by atoms with Crippen LogP contribution in [0.3, 0.4) is 0 Å². The molecule has 1 fully saturated rings. The van der Waals surface area contributed by atoms with Gasteiger partial charge in [-0.2, -0.15) is 0 Å². The van der Waals surface area contributed by atoms with Gasteiger partial charge in [-0.3, -0.25) is 0 Å². The van der Waals surface area contributed by atoms with E-state index in [-0.39, 0.29) is 6.10 Å². The molecule has 1 aliphatic heterocycles. The molecule has 2 aromatic rings. The van der Waals surface area contributed by atoms with E-state index in [9.17, 15) is 10.2 Å². The Hall–Kier alpha value is -1.21. The molecule has 2 heterocycles. The standard InChI is InChI=1S/C13H15NO4S/c1-6-10(15)11(16)12(18-6)13-14-8-4-3-7(17-2)5-9(8)19-13/h3-6,10-12,15-16H,1-2H3. The lowest BCUT2D eigenvalue weighted by Gasteiger charge is -2.11. The first kappa shape index (κ1) is 12.8. The molecule has 102 valence electrons. The number of hydrogen-bond donors (Lipinski definition) is 2. The van der Waals surface area contributed by atoms with E-state index in [0.29, 0.717) is 5.01 Å². The van der Waals surface area contributed by atoms with Crippen molar-refractivity contribution in [2.45, 2.75) is 31.3 Å². The van der Waals surface area contributed by atoms with E-state index in [2.05, 4.69) is 4.98 Å². The third-order valence-corrected chi connectivity index (χ3v) is 4.44. The number of nitrogens with zero attached hydrogens (tertiary/aromatic N) is 1. The first-order valence-electron chi connectivity index (χ1n) is 6.06. The summed E-state index contributed by atoms with van der Waals surface area (Å²) in [4.78, 5) is 4.46. The van der Waals surface area contributed by atoms with Gasteiger partial charge in [-0.25, -0.2) is 4.98 Å². The molecule has 0 spiro atoms. The second-order valence-electron chi connectivity index (χ2n) is 4.63. The van der Waals surface area contributed by atoms with Crippen molar-refractivity contribution in [1.29, 1.82) is 0 Å². The average molecular weight is 281 g/mol. The molecule has 0 saturated carbocycles. The van der Waals surface area contributed by atoms with Crippen molar-refractivity contribution in [3.8, 4) is 5.75 Å². The molecule has 1 aromatic heterocycles. The van der Waals surface area contributed by atoms with E-state index in [1.807, 2.05) is 18.2 Å². The van der Waals surface area contributed by atoms with Crippen molar-refractivity contribution in [3.05, 3.63) is 23.2 Å². The van der Waals surface area contributed by atoms with Gasteiger partial charge in [-0.1, -0.05) is 0 Å². The van der Waals surface area contributed by atoms with Gasteiger partial charge in [-0.05, 0) is 25.1 Å². The van der Waals surface area contributed by atoms with Gasteiger partial charge >= 0.3 is 0 Å². The number of aromatic nitrogens is 1. The van der Waals surface area contributed by atoms with Crippen LogP contribution in [-0.4, -0.2) is 40.6 Å². The minimum Gasteiger partial charge on any atom is -0.497 e. The second kappa shape index (κ2) is 4.72. The molecule has 4 unspecified atom stereocenters. The van der Waals surface area contributed by atoms with E-state index >= 15 is 0 Å². The van der Waals surface area contributed by atoms with Crippen LogP contribution in [0.15, 0.2) is 18.2 Å². The molecular formula is C13H15NO4S. The van der Waals surface area contributed by atoms with Crippen LogP contribution >= 0.6 is 11.3 Å². The van der Waals surface area contributed by atoms with Gasteiger partial charge in [0, 0.05) is 0 Å². The molecule has 2 N–H and O–H groups in total. The maximum atomic E-state index is 9.97. The molecule has 1 aliphatic rings. The first-order valence-corrected chi connectivity index (χ1v) is 6.88. The van der Waals surface area contributed by atoms with Gasteiger partial charge < -0.3 is 19.7 Å². The SMILES string of the molecule is COc1ccc2nc(C3OC(C)C(O)C3O)sc2c1. The predicted octanol–water partition coefficient (Wildman–Crippen LogP) is 1.49. The summed E-state index contributed by atoms with van der Waals surface area (Å²) in [5, 5.41) is 20.4. The molecule has 6 heteroatoms. The molecule has 0 bridgehead atoms. The molecule has 1 saturated heterocycles. The van der Waals surface area contributed by atoms with E-state index in [4.69, 9.17) is 9.47 Å². The van der Waals surface area contributed by atoms with Crippen molar-refractivity contribution >= 4 is 21.6 Å². The molecule has 0 amide bonds. The molecule has 1 aromatic carbocycles. The number of fused-ring (bicyclic) bond motifs is 1. The Labute approximate surface area is 114 Å². The van der Waals surface area contributed by atoms with Gasteiger partial charge in [0.2, 0.25) is 0 Å². The fraction of sp³-hybridized carbons (Fsp3) is 0.462. The highest BCUT2D eigenvalue weighted by Crippen LogP contribution is 2.37. The lowest BCUT2D eigenvalue weighted by Crippen LogP contribution is -2.28. The van der Waals surface area contributed by atoms with Gasteiger partial charge in [0.15, 0.2) is 0 Å². The van der Waals surface area contributed by atoms with Crippen LogP contribution in [0.25, 0.3) is 10.2 Å². The highest BCUT2D eigenvalue weighted by atomic mass is 32.1. The van der Waals surface area contributed by atoms with Crippen LogP contribution in [0.4, 0.5) is 0 Å². The van der Waals surface area contributed by atoms with Crippen LogP contribution in [0.5, 0.6) is 5.75 Å². The number of aliphatic hydroxyl groups is 2. The zero-order valence-electron chi connectivity index (χ0n) is 10.6. The minimum absolute atomic E-state index is 0.387. The van der Waals surface area contributed by atoms with E-state index < -0.39 is 18.3 Å². The summed E-state index contributed by atoms with van der Waals surface area (Å²) in [6.45, 7) is 1.74. The highest BCUT2D eigenvalue weighted by Gasteiger charge is 2.42. The fourth-order valence-corrected chi connectivity index (χ4v) is 3.30. The lowest BCUT2D eigenvalue weighted by molar-refractivity contribution is 0.0151. The van der Waals surface area contributed by atoms with Crippen molar-refractivity contribution < 1.29 is 19.7 Å². The van der Waals surface area contributed by atoms with E-state index in [1.54, 1.807) is 14.0 Å². The Balaban J connectivity index is 1.97. The number of rotatable bonds is 2. The van der Waals surface area contributed by atoms with Gasteiger partial charge in [-0.15, -0.1) is 11.3 Å². The largest absolute Gasteiger partial charge is 0.497 e. The fourth-order valence-electron chi connectivity index (χ4n) is 2.22. The highest BCUT2D eigenvalue weighted by molar-refractivity contribution is 7.18. The summed E-state index contributed by atoms with van der Waals surface area (Å²) >= 11 is 1.44. The Morgan fingerprint density at radius 2 is 2.11 bits per heavy atom. The van der Waals surface area contributed by atoms with Crippen LogP contribution in [-0.2, 0) is 4.74 Å². The molecule has 19 heavy (non-hydrogen) atoms. The van der Waals surface area contributed by atoms with Crippen LogP contribution in [0.1, 0.15) is 18.0 Å². The summed E-state index contributed by atoms with van der Waals surface area (Å²) in [7, 11) is 1.62. The number of hydrogen-bond acceptors (Lipinski definition) is 6. The topological polar surface area (TPSA) is 71.8 Å². The lowest BCUT2D eigenvalue weighted by atomic mass is 10.1. The van der Waals surface area contributed by atoms with E-state index in [1.165, 1.54) is 11.3 Å². The quantitative estimate of drug-likeness (QED) is 0.872. The number of thiazole rings is 1. The first-order chi connectivity index (χ1) is 9.10. The summed E-state index contributed by atoms with van der Waals surface area (Å²) in [5.74, 6) is 0.768. The average Bonchev–Trinajstić information content (AvgIpc) is 2.94. The van der Waals surface area contributed by atoms with Crippen LogP contribution in [0, 0.1) is 0 Å². The smallest absolute Gasteiger partial charge is 0.138 e. The zero-order chi connectivity index (χ0) is 13.6. The van der Waals surface area contributed by atoms with Crippen molar-refractivity contribution in [1.82, 2.24) is 4.98 Å². The Bertz CT molecular complexity index is 599. The van der Waals surface area contributed by atoms with Crippen LogP contribution < -0.4 is 4.74 Å². The van der Waals surface area contributed by atoms with Crippen LogP contribution in [0.2, 0.25) is 0 Å². The molecule has 5 nitrogen and oxygen atoms in total. The van der Waals surface area contributed by atoms with Crippen molar-refractivity contribution in [2.75, 3.05) is 7.11 Å². The summed E-state index contributed by atoms with van der Waals surface area (Å²) in [6.07, 6.45) is -2.75. The zero-order valence-corrected chi connectivity index (χ0v) is 11.4. The summed E-state index contributed by atoms with van der Waals surface area (Å²) < 4.78 is 11.7. The van der Waals surface area contributed by atoms with Crippen molar-refractivity contribution in [3.63, 3.8) is 0 Å². The van der Waals surface area contributed by atoms with Gasteiger partial charge in [0.25, 0.3) is 0 Å². The molecule has 0 radical (unpaired) electrons. The Morgan fingerprint density at radius 3 is 2.74 bits per heavy atom. The maximum Gasteiger partial charge on any atom is 0.138 e. The third kappa shape index (κ3) is 2.10. The molecular weight excluding hydrogens is 266 g/mol. The third-order valence-electron chi connectivity index (χ3n) is 3.36. The maximum absolute atomic E-state index is 9.97. The Morgan fingerprint density at radius 1 is 1.32 bits per heavy atom. The normalized spacial score (nSPS) is 30.9. The summed E-state index contributed by atoms with van der Waals surface area (Å²) in [6, 6.07) is 5.61. The molecule has 4 atom stereocenters. The Kier molecular flexibility index (Phi) is 3.18. The number of aliphatic hydroxyl groups excluding tert-OH is 2. The predicted molar refractivity (Wildman–Crippen MR) is 71.5 cm³/mol. The minimum atomic E-state index is -0.933. The van der Waals surface area contributed by atoms with Gasteiger partial charge in [0.05, 0.1) is 23.4 Å². The van der Waals surface area contributed by atoms with Crippen molar-refractivity contribution in [2.24, 2.45) is 0 Å². The number of benzene rings is 1. The number of methoxy groups -OCH3 is 1. The van der Waals surface area contributed by atoms with Gasteiger partial charge in [0.1, 0.15) is 29.1 Å². The second-order valence-corrected chi connectivity index (χ2v) is 5.69. The van der Waals surface area contributed by atoms with E-state index in [0.717, 1.165) is 16.0 Å². The molecule has 0 aliphatic carbocycles.